The molecule has 4 rings (SSSR count). The van der Waals surface area contributed by atoms with E-state index in [1.807, 2.05) is 31.2 Å². The van der Waals surface area contributed by atoms with Gasteiger partial charge in [0.15, 0.2) is 11.5 Å². The lowest BCUT2D eigenvalue weighted by molar-refractivity contribution is -0.123. The number of rotatable bonds is 8. The highest BCUT2D eigenvalue weighted by molar-refractivity contribution is 6.32. The van der Waals surface area contributed by atoms with E-state index in [2.05, 4.69) is 5.32 Å². The number of aryl methyl sites for hydroxylation is 1. The van der Waals surface area contributed by atoms with Crippen molar-refractivity contribution >= 4 is 35.6 Å². The molecule has 2 N–H and O–H groups in total. The molecule has 0 bridgehead atoms. The van der Waals surface area contributed by atoms with E-state index in [9.17, 15) is 14.4 Å². The average Bonchev–Trinajstić information content (AvgIpc) is 3.11. The zero-order valence-corrected chi connectivity index (χ0v) is 20.3. The van der Waals surface area contributed by atoms with Gasteiger partial charge in [-0.25, -0.2) is 9.59 Å². The van der Waals surface area contributed by atoms with Crippen molar-refractivity contribution < 1.29 is 29.0 Å². The van der Waals surface area contributed by atoms with Crippen LogP contribution in [0, 0.1) is 6.92 Å². The largest absolute Gasteiger partial charge is 0.493 e. The molecule has 8 nitrogen and oxygen atoms in total. The first-order valence-electron chi connectivity index (χ1n) is 11.0. The predicted molar refractivity (Wildman–Crippen MR) is 134 cm³/mol. The van der Waals surface area contributed by atoms with E-state index in [4.69, 9.17) is 26.2 Å². The Hall–Kier alpha value is -4.30. The van der Waals surface area contributed by atoms with Gasteiger partial charge in [-0.2, -0.15) is 0 Å². The maximum absolute atomic E-state index is 12.9. The number of halogens is 1. The summed E-state index contributed by atoms with van der Waals surface area (Å²) in [7, 11) is 1.46. The van der Waals surface area contributed by atoms with Gasteiger partial charge in [0.1, 0.15) is 12.3 Å². The number of carboxylic acid groups (broad SMARTS) is 1. The molecule has 0 spiro atoms. The van der Waals surface area contributed by atoms with Crippen LogP contribution in [0.15, 0.2) is 66.4 Å². The molecule has 3 aromatic carbocycles. The first-order chi connectivity index (χ1) is 17.2. The highest BCUT2D eigenvalue weighted by atomic mass is 35.5. The maximum Gasteiger partial charge on any atom is 0.335 e. The molecule has 1 aliphatic heterocycles. The number of hydrogen-bond acceptors (Lipinski definition) is 5. The van der Waals surface area contributed by atoms with Gasteiger partial charge in [-0.1, -0.05) is 53.6 Å². The van der Waals surface area contributed by atoms with Gasteiger partial charge in [-0.15, -0.1) is 0 Å². The van der Waals surface area contributed by atoms with Crippen molar-refractivity contribution in [2.45, 2.75) is 20.1 Å². The summed E-state index contributed by atoms with van der Waals surface area (Å²) in [4.78, 5) is 37.5. The topological polar surface area (TPSA) is 105 Å². The SMILES string of the molecule is COc1cc(/C=C2/NC(=O)N(Cc3ccc(C)cc3)C2=O)cc(Cl)c1OCc1ccc(C(=O)O)cc1. The van der Waals surface area contributed by atoms with E-state index in [-0.39, 0.29) is 29.4 Å². The fourth-order valence-corrected chi connectivity index (χ4v) is 3.89. The summed E-state index contributed by atoms with van der Waals surface area (Å²) in [6, 6.07) is 16.6. The highest BCUT2D eigenvalue weighted by Crippen LogP contribution is 2.37. The number of carbonyl (C=O) groups is 3. The normalized spacial score (nSPS) is 14.2. The Morgan fingerprint density at radius 1 is 1.06 bits per heavy atom. The maximum atomic E-state index is 12.9. The number of ether oxygens (including phenoxy) is 2. The Morgan fingerprint density at radius 2 is 1.72 bits per heavy atom. The van der Waals surface area contributed by atoms with Gasteiger partial charge >= 0.3 is 12.0 Å². The Labute approximate surface area is 212 Å². The van der Waals surface area contributed by atoms with E-state index < -0.39 is 17.9 Å². The van der Waals surface area contributed by atoms with Gasteiger partial charge in [0.05, 0.1) is 24.2 Å². The molecule has 0 aliphatic carbocycles. The summed E-state index contributed by atoms with van der Waals surface area (Å²) in [6.07, 6.45) is 1.53. The monoisotopic (exact) mass is 506 g/mol. The summed E-state index contributed by atoms with van der Waals surface area (Å²) in [5.41, 5.74) is 3.52. The minimum absolute atomic E-state index is 0.123. The molecule has 0 aromatic heterocycles. The molecule has 0 radical (unpaired) electrons. The van der Waals surface area contributed by atoms with Crippen LogP contribution in [0.2, 0.25) is 5.02 Å². The van der Waals surface area contributed by atoms with Crippen molar-refractivity contribution in [1.29, 1.82) is 0 Å². The van der Waals surface area contributed by atoms with Crippen molar-refractivity contribution in [2.24, 2.45) is 0 Å². The lowest BCUT2D eigenvalue weighted by Gasteiger charge is -2.14. The van der Waals surface area contributed by atoms with Crippen molar-refractivity contribution in [3.8, 4) is 11.5 Å². The Balaban J connectivity index is 1.50. The van der Waals surface area contributed by atoms with Crippen LogP contribution in [0.5, 0.6) is 11.5 Å². The molecule has 184 valence electrons. The number of imide groups is 1. The lowest BCUT2D eigenvalue weighted by atomic mass is 10.1. The number of hydrogen-bond donors (Lipinski definition) is 2. The van der Waals surface area contributed by atoms with Crippen molar-refractivity contribution in [3.05, 3.63) is 99.2 Å². The van der Waals surface area contributed by atoms with Crippen LogP contribution in [0.3, 0.4) is 0 Å². The summed E-state index contributed by atoms with van der Waals surface area (Å²) in [6.45, 7) is 2.26. The van der Waals surface area contributed by atoms with Crippen LogP contribution in [0.25, 0.3) is 6.08 Å². The fraction of sp³-hybridized carbons (Fsp3) is 0.148. The first-order valence-corrected chi connectivity index (χ1v) is 11.4. The molecule has 1 heterocycles. The van der Waals surface area contributed by atoms with Crippen LogP contribution in [-0.4, -0.2) is 35.0 Å². The molecule has 3 aromatic rings. The van der Waals surface area contributed by atoms with Gasteiger partial charge in [0.25, 0.3) is 5.91 Å². The molecule has 1 fully saturated rings. The molecule has 9 heteroatoms. The van der Waals surface area contributed by atoms with Gasteiger partial charge in [0, 0.05) is 0 Å². The Bertz CT molecular complexity index is 1350. The second-order valence-electron chi connectivity index (χ2n) is 8.19. The zero-order valence-electron chi connectivity index (χ0n) is 19.6. The van der Waals surface area contributed by atoms with Gasteiger partial charge in [0.2, 0.25) is 0 Å². The molecule has 0 unspecified atom stereocenters. The van der Waals surface area contributed by atoms with E-state index in [0.717, 1.165) is 21.6 Å². The third kappa shape index (κ3) is 5.50. The minimum Gasteiger partial charge on any atom is -0.493 e. The lowest BCUT2D eigenvalue weighted by Crippen LogP contribution is -2.30. The average molecular weight is 507 g/mol. The van der Waals surface area contributed by atoms with E-state index >= 15 is 0 Å². The van der Waals surface area contributed by atoms with E-state index in [1.54, 1.807) is 24.3 Å². The number of amides is 3. The fourth-order valence-electron chi connectivity index (χ4n) is 3.62. The highest BCUT2D eigenvalue weighted by Gasteiger charge is 2.33. The second-order valence-corrected chi connectivity index (χ2v) is 8.60. The zero-order chi connectivity index (χ0) is 25.8. The van der Waals surface area contributed by atoms with Crippen LogP contribution in [0.1, 0.15) is 32.6 Å². The Morgan fingerprint density at radius 3 is 2.36 bits per heavy atom. The quantitative estimate of drug-likeness (QED) is 0.328. The summed E-state index contributed by atoms with van der Waals surface area (Å²) < 4.78 is 11.3. The third-order valence-corrected chi connectivity index (χ3v) is 5.85. The number of methoxy groups -OCH3 is 1. The summed E-state index contributed by atoms with van der Waals surface area (Å²) in [5.74, 6) is -0.816. The number of benzene rings is 3. The van der Waals surface area contributed by atoms with Gasteiger partial charge < -0.3 is 19.9 Å². The van der Waals surface area contributed by atoms with E-state index in [0.29, 0.717) is 17.1 Å². The molecule has 0 atom stereocenters. The molecular weight excluding hydrogens is 484 g/mol. The molecule has 1 saturated heterocycles. The number of aromatic carboxylic acids is 1. The molecule has 3 amide bonds. The van der Waals surface area contributed by atoms with Crippen LogP contribution in [-0.2, 0) is 17.9 Å². The molecular formula is C27H23ClN2O6. The smallest absolute Gasteiger partial charge is 0.335 e. The van der Waals surface area contributed by atoms with Crippen molar-refractivity contribution in [2.75, 3.05) is 7.11 Å². The second kappa shape index (κ2) is 10.5. The number of nitrogens with one attached hydrogen (secondary N) is 1. The number of carboxylic acids is 1. The van der Waals surface area contributed by atoms with Crippen LogP contribution < -0.4 is 14.8 Å². The first kappa shape index (κ1) is 24.8. The standard InChI is InChI=1S/C27H23ClN2O6/c1-16-3-5-17(6-4-16)14-30-25(31)22(29-27(30)34)12-19-11-21(28)24(23(13-19)35-2)36-15-18-7-9-20(10-8-18)26(32)33/h3-13H,14-15H2,1-2H3,(H,29,34)(H,32,33)/b22-12+. The molecule has 0 saturated carbocycles. The predicted octanol–water partition coefficient (Wildman–Crippen LogP) is 5.03. The third-order valence-electron chi connectivity index (χ3n) is 5.57. The van der Waals surface area contributed by atoms with Gasteiger partial charge in [-0.3, -0.25) is 9.69 Å². The number of urea groups is 1. The van der Waals surface area contributed by atoms with Crippen LogP contribution in [0.4, 0.5) is 4.79 Å². The Kier molecular flexibility index (Phi) is 7.26. The summed E-state index contributed by atoms with van der Waals surface area (Å²) >= 11 is 6.45. The van der Waals surface area contributed by atoms with Crippen LogP contribution >= 0.6 is 11.6 Å². The van der Waals surface area contributed by atoms with Crippen molar-refractivity contribution in [1.82, 2.24) is 10.2 Å². The molecule has 36 heavy (non-hydrogen) atoms. The summed E-state index contributed by atoms with van der Waals surface area (Å²) in [5, 5.41) is 11.9. The molecule has 1 aliphatic rings. The number of nitrogens with zero attached hydrogens (tertiary/aromatic N) is 1. The van der Waals surface area contributed by atoms with Gasteiger partial charge in [-0.05, 0) is 54.0 Å². The van der Waals surface area contributed by atoms with E-state index in [1.165, 1.54) is 25.3 Å². The van der Waals surface area contributed by atoms with Crippen molar-refractivity contribution in [3.63, 3.8) is 0 Å². The minimum atomic E-state index is -1.01. The number of carbonyl (C=O) groups excluding carboxylic acids is 2.